The molecule has 1 N–H and O–H groups in total. The molecule has 26 heavy (non-hydrogen) atoms. The third kappa shape index (κ3) is 4.96. The maximum atomic E-state index is 12.3. The topological polar surface area (TPSA) is 41.6 Å². The van der Waals surface area contributed by atoms with Gasteiger partial charge in [-0.2, -0.15) is 0 Å². The Balaban J connectivity index is 1.68. The standard InChI is InChI=1S/C20H23BrN2O2S/c1-25-18-7-3-2-6-16(18)17(23-12-4-5-13-23)14-22-20(24)11-9-15-8-10-19(21)26-15/h2-3,6-11,17H,4-5,12-14H2,1H3,(H,22,24)/b11-9+. The van der Waals surface area contributed by atoms with Crippen molar-refractivity contribution in [3.8, 4) is 5.75 Å². The second kappa shape index (κ2) is 9.35. The summed E-state index contributed by atoms with van der Waals surface area (Å²) in [5.74, 6) is 0.797. The van der Waals surface area contributed by atoms with Crippen LogP contribution in [0.25, 0.3) is 6.08 Å². The highest BCUT2D eigenvalue weighted by molar-refractivity contribution is 9.11. The molecule has 2 heterocycles. The zero-order valence-corrected chi connectivity index (χ0v) is 17.2. The van der Waals surface area contributed by atoms with Crippen LogP contribution >= 0.6 is 27.3 Å². The zero-order valence-electron chi connectivity index (χ0n) is 14.8. The summed E-state index contributed by atoms with van der Waals surface area (Å²) in [6, 6.07) is 12.2. The number of hydrogen-bond acceptors (Lipinski definition) is 4. The van der Waals surface area contributed by atoms with Crippen molar-refractivity contribution in [2.75, 3.05) is 26.7 Å². The van der Waals surface area contributed by atoms with Crippen molar-refractivity contribution in [3.05, 3.63) is 56.7 Å². The van der Waals surface area contributed by atoms with Crippen LogP contribution in [-0.2, 0) is 4.79 Å². The maximum absolute atomic E-state index is 12.3. The van der Waals surface area contributed by atoms with E-state index in [0.717, 1.165) is 33.1 Å². The summed E-state index contributed by atoms with van der Waals surface area (Å²) in [5, 5.41) is 3.06. The molecule has 1 unspecified atom stereocenters. The number of amides is 1. The summed E-state index contributed by atoms with van der Waals surface area (Å²) in [7, 11) is 1.69. The molecule has 1 amide bonds. The third-order valence-electron chi connectivity index (χ3n) is 4.54. The number of carbonyl (C=O) groups excluding carboxylic acids is 1. The van der Waals surface area contributed by atoms with Gasteiger partial charge in [-0.1, -0.05) is 18.2 Å². The molecular weight excluding hydrogens is 412 g/mol. The number of ether oxygens (including phenoxy) is 1. The minimum atomic E-state index is -0.0754. The lowest BCUT2D eigenvalue weighted by Crippen LogP contribution is -2.36. The molecule has 4 nitrogen and oxygen atoms in total. The van der Waals surface area contributed by atoms with Gasteiger partial charge in [0.2, 0.25) is 5.91 Å². The molecule has 0 aliphatic carbocycles. The van der Waals surface area contributed by atoms with Crippen molar-refractivity contribution in [2.45, 2.75) is 18.9 Å². The Morgan fingerprint density at radius 3 is 2.77 bits per heavy atom. The fourth-order valence-corrected chi connectivity index (χ4v) is 4.59. The van der Waals surface area contributed by atoms with Crippen LogP contribution in [0.1, 0.15) is 29.3 Å². The van der Waals surface area contributed by atoms with E-state index in [1.807, 2.05) is 36.4 Å². The number of para-hydroxylation sites is 1. The summed E-state index contributed by atoms with van der Waals surface area (Å²) in [5.41, 5.74) is 1.13. The molecule has 2 aromatic rings. The summed E-state index contributed by atoms with van der Waals surface area (Å²) in [6.45, 7) is 2.67. The van der Waals surface area contributed by atoms with Crippen LogP contribution in [0.5, 0.6) is 5.75 Å². The Kier molecular flexibility index (Phi) is 6.88. The first-order valence-corrected chi connectivity index (χ1v) is 10.4. The van der Waals surface area contributed by atoms with E-state index in [1.165, 1.54) is 12.8 Å². The third-order valence-corrected chi connectivity index (χ3v) is 6.13. The lowest BCUT2D eigenvalue weighted by atomic mass is 10.0. The van der Waals surface area contributed by atoms with Crippen LogP contribution in [-0.4, -0.2) is 37.6 Å². The van der Waals surface area contributed by atoms with Gasteiger partial charge in [0, 0.05) is 23.1 Å². The number of benzene rings is 1. The van der Waals surface area contributed by atoms with Gasteiger partial charge in [0.15, 0.2) is 0 Å². The Morgan fingerprint density at radius 2 is 2.08 bits per heavy atom. The number of methoxy groups -OCH3 is 1. The summed E-state index contributed by atoms with van der Waals surface area (Å²) >= 11 is 5.03. The molecule has 1 aromatic carbocycles. The smallest absolute Gasteiger partial charge is 0.244 e. The first kappa shape index (κ1) is 19.1. The summed E-state index contributed by atoms with van der Waals surface area (Å²) in [4.78, 5) is 15.8. The van der Waals surface area contributed by atoms with Gasteiger partial charge in [0.05, 0.1) is 16.9 Å². The number of carbonyl (C=O) groups is 1. The van der Waals surface area contributed by atoms with E-state index in [0.29, 0.717) is 6.54 Å². The minimum Gasteiger partial charge on any atom is -0.496 e. The van der Waals surface area contributed by atoms with Gasteiger partial charge in [0.1, 0.15) is 5.75 Å². The SMILES string of the molecule is COc1ccccc1C(CNC(=O)/C=C/c1ccc(Br)s1)N1CCCC1. The van der Waals surface area contributed by atoms with E-state index >= 15 is 0 Å². The minimum absolute atomic E-state index is 0.0754. The Morgan fingerprint density at radius 1 is 1.31 bits per heavy atom. The van der Waals surface area contributed by atoms with Gasteiger partial charge in [0.25, 0.3) is 0 Å². The fourth-order valence-electron chi connectivity index (χ4n) is 3.26. The number of likely N-dealkylation sites (tertiary alicyclic amines) is 1. The van der Waals surface area contributed by atoms with E-state index in [9.17, 15) is 4.79 Å². The normalized spacial score (nSPS) is 16.1. The molecular formula is C20H23BrN2O2S. The van der Waals surface area contributed by atoms with Crippen LogP contribution < -0.4 is 10.1 Å². The molecule has 6 heteroatoms. The van der Waals surface area contributed by atoms with Crippen LogP contribution in [0.3, 0.4) is 0 Å². The molecule has 1 aliphatic rings. The average Bonchev–Trinajstić information content (AvgIpc) is 3.32. The molecule has 138 valence electrons. The highest BCUT2D eigenvalue weighted by Crippen LogP contribution is 2.31. The molecule has 1 aromatic heterocycles. The average molecular weight is 435 g/mol. The zero-order chi connectivity index (χ0) is 18.4. The molecule has 0 radical (unpaired) electrons. The number of hydrogen-bond donors (Lipinski definition) is 1. The predicted octanol–water partition coefficient (Wildman–Crippen LogP) is 4.49. The first-order valence-electron chi connectivity index (χ1n) is 8.75. The van der Waals surface area contributed by atoms with Gasteiger partial charge in [-0.05, 0) is 66.1 Å². The molecule has 1 aliphatic heterocycles. The van der Waals surface area contributed by atoms with Gasteiger partial charge in [-0.25, -0.2) is 0 Å². The highest BCUT2D eigenvalue weighted by Gasteiger charge is 2.25. The number of nitrogens with zero attached hydrogens (tertiary/aromatic N) is 1. The molecule has 3 rings (SSSR count). The van der Waals surface area contributed by atoms with Crippen LogP contribution in [0.15, 0.2) is 46.3 Å². The van der Waals surface area contributed by atoms with Gasteiger partial charge < -0.3 is 10.1 Å². The second-order valence-corrected chi connectivity index (χ2v) is 8.72. The van der Waals surface area contributed by atoms with Crippen molar-refractivity contribution >= 4 is 39.2 Å². The van der Waals surface area contributed by atoms with Gasteiger partial charge >= 0.3 is 0 Å². The van der Waals surface area contributed by atoms with Gasteiger partial charge in [-0.3, -0.25) is 9.69 Å². The van der Waals surface area contributed by atoms with E-state index in [-0.39, 0.29) is 11.9 Å². The van der Waals surface area contributed by atoms with Crippen molar-refractivity contribution in [1.29, 1.82) is 0 Å². The van der Waals surface area contributed by atoms with Crippen molar-refractivity contribution < 1.29 is 9.53 Å². The monoisotopic (exact) mass is 434 g/mol. The van der Waals surface area contributed by atoms with Crippen LogP contribution in [0.4, 0.5) is 0 Å². The Bertz CT molecular complexity index is 769. The summed E-state index contributed by atoms with van der Waals surface area (Å²) in [6.07, 6.45) is 5.85. The van der Waals surface area contributed by atoms with E-state index in [1.54, 1.807) is 24.5 Å². The first-order chi connectivity index (χ1) is 12.7. The van der Waals surface area contributed by atoms with E-state index in [4.69, 9.17) is 4.74 Å². The Hall–Kier alpha value is -1.63. The van der Waals surface area contributed by atoms with Crippen LogP contribution in [0, 0.1) is 0 Å². The molecule has 0 spiro atoms. The summed E-state index contributed by atoms with van der Waals surface area (Å²) < 4.78 is 6.60. The van der Waals surface area contributed by atoms with Crippen molar-refractivity contribution in [2.24, 2.45) is 0 Å². The molecule has 1 saturated heterocycles. The maximum Gasteiger partial charge on any atom is 0.244 e. The number of thiophene rings is 1. The van der Waals surface area contributed by atoms with E-state index in [2.05, 4.69) is 32.2 Å². The predicted molar refractivity (Wildman–Crippen MR) is 111 cm³/mol. The lowest BCUT2D eigenvalue weighted by Gasteiger charge is -2.29. The largest absolute Gasteiger partial charge is 0.496 e. The number of rotatable bonds is 7. The van der Waals surface area contributed by atoms with Crippen LogP contribution in [0.2, 0.25) is 0 Å². The molecule has 1 fully saturated rings. The number of halogens is 1. The second-order valence-electron chi connectivity index (χ2n) is 6.22. The highest BCUT2D eigenvalue weighted by atomic mass is 79.9. The molecule has 0 saturated carbocycles. The Labute approximate surface area is 167 Å². The molecule has 1 atom stereocenters. The van der Waals surface area contributed by atoms with Crippen molar-refractivity contribution in [1.82, 2.24) is 10.2 Å². The fraction of sp³-hybridized carbons (Fsp3) is 0.350. The lowest BCUT2D eigenvalue weighted by molar-refractivity contribution is -0.116. The molecule has 0 bridgehead atoms. The number of nitrogens with one attached hydrogen (secondary N) is 1. The van der Waals surface area contributed by atoms with E-state index < -0.39 is 0 Å². The quantitative estimate of drug-likeness (QED) is 0.652. The van der Waals surface area contributed by atoms with Gasteiger partial charge in [-0.15, -0.1) is 11.3 Å². The van der Waals surface area contributed by atoms with Crippen molar-refractivity contribution in [3.63, 3.8) is 0 Å².